The standard InChI is InChI=1S/C23H20BrClN2O4/c1-2-30-21-12-15(13-26-27-23(29)17-8-4-6-10-20(17)28)11-18(24)22(21)31-14-16-7-3-5-9-19(16)25/h3-13,28H,2,14H2,1H3,(H,27,29)/b26-13+. The summed E-state index contributed by atoms with van der Waals surface area (Å²) >= 11 is 9.71. The molecule has 160 valence electrons. The van der Waals surface area contributed by atoms with E-state index in [2.05, 4.69) is 26.5 Å². The van der Waals surface area contributed by atoms with Gasteiger partial charge in [0, 0.05) is 10.6 Å². The van der Waals surface area contributed by atoms with Crippen LogP contribution >= 0.6 is 27.5 Å². The zero-order chi connectivity index (χ0) is 22.2. The van der Waals surface area contributed by atoms with Crippen LogP contribution in [0.2, 0.25) is 5.02 Å². The van der Waals surface area contributed by atoms with Crippen LogP contribution in [0, 0.1) is 0 Å². The van der Waals surface area contributed by atoms with E-state index in [1.54, 1.807) is 24.3 Å². The van der Waals surface area contributed by atoms with Crippen LogP contribution in [0.5, 0.6) is 17.2 Å². The predicted octanol–water partition coefficient (Wildman–Crippen LogP) is 5.55. The van der Waals surface area contributed by atoms with E-state index in [4.69, 9.17) is 21.1 Å². The number of rotatable bonds is 8. The predicted molar refractivity (Wildman–Crippen MR) is 124 cm³/mol. The number of para-hydroxylation sites is 1. The van der Waals surface area contributed by atoms with Gasteiger partial charge in [-0.3, -0.25) is 4.79 Å². The molecule has 0 aliphatic heterocycles. The fourth-order valence-electron chi connectivity index (χ4n) is 2.72. The third-order valence-electron chi connectivity index (χ3n) is 4.19. The van der Waals surface area contributed by atoms with Crippen molar-refractivity contribution in [3.05, 3.63) is 86.8 Å². The second-order valence-corrected chi connectivity index (χ2v) is 7.62. The number of nitrogens with one attached hydrogen (secondary N) is 1. The van der Waals surface area contributed by atoms with Crippen molar-refractivity contribution in [2.45, 2.75) is 13.5 Å². The highest BCUT2D eigenvalue weighted by Gasteiger charge is 2.13. The van der Waals surface area contributed by atoms with Gasteiger partial charge in [-0.2, -0.15) is 5.10 Å². The van der Waals surface area contributed by atoms with E-state index < -0.39 is 5.91 Å². The summed E-state index contributed by atoms with van der Waals surface area (Å²) in [4.78, 5) is 12.1. The smallest absolute Gasteiger partial charge is 0.275 e. The van der Waals surface area contributed by atoms with Gasteiger partial charge in [0.2, 0.25) is 0 Å². The van der Waals surface area contributed by atoms with Gasteiger partial charge in [0.25, 0.3) is 5.91 Å². The molecule has 0 aliphatic carbocycles. The summed E-state index contributed by atoms with van der Waals surface area (Å²) < 4.78 is 12.3. The summed E-state index contributed by atoms with van der Waals surface area (Å²) in [6, 6.07) is 17.2. The molecular weight excluding hydrogens is 484 g/mol. The Balaban J connectivity index is 1.74. The van der Waals surface area contributed by atoms with E-state index >= 15 is 0 Å². The van der Waals surface area contributed by atoms with E-state index in [1.165, 1.54) is 18.3 Å². The van der Waals surface area contributed by atoms with Gasteiger partial charge in [0.05, 0.1) is 22.9 Å². The maximum Gasteiger partial charge on any atom is 0.275 e. The van der Waals surface area contributed by atoms with Crippen LogP contribution in [0.4, 0.5) is 0 Å². The molecule has 3 rings (SSSR count). The van der Waals surface area contributed by atoms with Crippen molar-refractivity contribution < 1.29 is 19.4 Å². The lowest BCUT2D eigenvalue weighted by Gasteiger charge is -2.15. The average Bonchev–Trinajstić information content (AvgIpc) is 2.75. The molecule has 0 aromatic heterocycles. The molecule has 1 amide bonds. The molecule has 0 aliphatic rings. The Morgan fingerprint density at radius 2 is 1.90 bits per heavy atom. The lowest BCUT2D eigenvalue weighted by molar-refractivity contribution is 0.0952. The number of amides is 1. The van der Waals surface area contributed by atoms with Crippen molar-refractivity contribution in [1.29, 1.82) is 0 Å². The fourth-order valence-corrected chi connectivity index (χ4v) is 3.49. The molecule has 0 saturated carbocycles. The maximum atomic E-state index is 12.1. The van der Waals surface area contributed by atoms with E-state index in [9.17, 15) is 9.90 Å². The average molecular weight is 504 g/mol. The number of hydrogen-bond donors (Lipinski definition) is 2. The van der Waals surface area contributed by atoms with Crippen molar-refractivity contribution in [3.63, 3.8) is 0 Å². The Kier molecular flexibility index (Phi) is 7.92. The number of hydrazone groups is 1. The Hall–Kier alpha value is -3.03. The number of halogens is 2. The van der Waals surface area contributed by atoms with Gasteiger partial charge in [-0.25, -0.2) is 5.43 Å². The number of phenols is 1. The molecule has 0 bridgehead atoms. The summed E-state index contributed by atoms with van der Waals surface area (Å²) in [7, 11) is 0. The van der Waals surface area contributed by atoms with Gasteiger partial charge in [0.1, 0.15) is 12.4 Å². The Morgan fingerprint density at radius 1 is 1.16 bits per heavy atom. The quantitative estimate of drug-likeness (QED) is 0.312. The van der Waals surface area contributed by atoms with Crippen LogP contribution < -0.4 is 14.9 Å². The number of carbonyl (C=O) groups is 1. The molecule has 2 N–H and O–H groups in total. The van der Waals surface area contributed by atoms with Crippen molar-refractivity contribution >= 4 is 39.7 Å². The molecule has 8 heteroatoms. The number of benzene rings is 3. The fraction of sp³-hybridized carbons (Fsp3) is 0.130. The molecule has 0 heterocycles. The largest absolute Gasteiger partial charge is 0.507 e. The van der Waals surface area contributed by atoms with Crippen LogP contribution in [0.25, 0.3) is 0 Å². The van der Waals surface area contributed by atoms with Crippen molar-refractivity contribution in [2.24, 2.45) is 5.10 Å². The number of carbonyl (C=O) groups excluding carboxylic acids is 1. The third-order valence-corrected chi connectivity index (χ3v) is 5.15. The first-order chi connectivity index (χ1) is 15.0. The first-order valence-corrected chi connectivity index (χ1v) is 10.6. The van der Waals surface area contributed by atoms with Gasteiger partial charge in [-0.15, -0.1) is 0 Å². The SMILES string of the molecule is CCOc1cc(/C=N/NC(=O)c2ccccc2O)cc(Br)c1OCc1ccccc1Cl. The summed E-state index contributed by atoms with van der Waals surface area (Å²) in [6.45, 7) is 2.60. The van der Waals surface area contributed by atoms with Crippen LogP contribution in [-0.4, -0.2) is 23.8 Å². The van der Waals surface area contributed by atoms with Gasteiger partial charge < -0.3 is 14.6 Å². The number of ether oxygens (including phenoxy) is 2. The second-order valence-electron chi connectivity index (χ2n) is 6.36. The highest BCUT2D eigenvalue weighted by Crippen LogP contribution is 2.37. The number of nitrogens with zero attached hydrogens (tertiary/aromatic N) is 1. The number of phenolic OH excluding ortho intramolecular Hbond substituents is 1. The summed E-state index contributed by atoms with van der Waals surface area (Å²) in [5.74, 6) is 0.435. The Morgan fingerprint density at radius 3 is 2.65 bits per heavy atom. The zero-order valence-electron chi connectivity index (χ0n) is 16.6. The normalized spacial score (nSPS) is 10.8. The lowest BCUT2D eigenvalue weighted by Crippen LogP contribution is -2.17. The lowest BCUT2D eigenvalue weighted by atomic mass is 10.2. The molecule has 0 saturated heterocycles. The van der Waals surface area contributed by atoms with E-state index in [-0.39, 0.29) is 17.9 Å². The molecule has 0 unspecified atom stereocenters. The second kappa shape index (κ2) is 10.8. The molecule has 3 aromatic carbocycles. The first-order valence-electron chi connectivity index (χ1n) is 9.43. The molecule has 31 heavy (non-hydrogen) atoms. The van der Waals surface area contributed by atoms with E-state index in [0.717, 1.165) is 5.56 Å². The molecule has 6 nitrogen and oxygen atoms in total. The minimum atomic E-state index is -0.516. The minimum absolute atomic E-state index is 0.114. The molecular formula is C23H20BrClN2O4. The summed E-state index contributed by atoms with van der Waals surface area (Å²) in [5, 5.41) is 14.3. The van der Waals surface area contributed by atoms with Crippen molar-refractivity contribution in [3.8, 4) is 17.2 Å². The summed E-state index contributed by atoms with van der Waals surface area (Å²) in [5.41, 5.74) is 4.07. The number of aromatic hydroxyl groups is 1. The van der Waals surface area contributed by atoms with Gasteiger partial charge in [-0.05, 0) is 58.7 Å². The molecule has 0 spiro atoms. The topological polar surface area (TPSA) is 80.2 Å². The third kappa shape index (κ3) is 5.99. The Bertz CT molecular complexity index is 1100. The van der Waals surface area contributed by atoms with Crippen LogP contribution in [0.1, 0.15) is 28.4 Å². The monoisotopic (exact) mass is 502 g/mol. The zero-order valence-corrected chi connectivity index (χ0v) is 19.0. The highest BCUT2D eigenvalue weighted by molar-refractivity contribution is 9.10. The van der Waals surface area contributed by atoms with Crippen LogP contribution in [0.3, 0.4) is 0 Å². The molecule has 0 radical (unpaired) electrons. The van der Waals surface area contributed by atoms with Gasteiger partial charge in [0.15, 0.2) is 11.5 Å². The van der Waals surface area contributed by atoms with Crippen LogP contribution in [0.15, 0.2) is 70.2 Å². The molecule has 3 aromatic rings. The van der Waals surface area contributed by atoms with E-state index in [1.807, 2.05) is 31.2 Å². The van der Waals surface area contributed by atoms with Crippen molar-refractivity contribution in [2.75, 3.05) is 6.61 Å². The van der Waals surface area contributed by atoms with Gasteiger partial charge >= 0.3 is 0 Å². The van der Waals surface area contributed by atoms with Crippen LogP contribution in [-0.2, 0) is 6.61 Å². The Labute approximate surface area is 193 Å². The minimum Gasteiger partial charge on any atom is -0.507 e. The highest BCUT2D eigenvalue weighted by atomic mass is 79.9. The maximum absolute atomic E-state index is 12.1. The number of hydrogen-bond acceptors (Lipinski definition) is 5. The summed E-state index contributed by atoms with van der Waals surface area (Å²) in [6.07, 6.45) is 1.48. The molecule has 0 atom stereocenters. The molecule has 0 fully saturated rings. The van der Waals surface area contributed by atoms with Crippen molar-refractivity contribution in [1.82, 2.24) is 5.43 Å². The first kappa shape index (κ1) is 22.7. The van der Waals surface area contributed by atoms with Gasteiger partial charge in [-0.1, -0.05) is 41.9 Å². The van der Waals surface area contributed by atoms with E-state index in [0.29, 0.717) is 33.2 Å².